The standard InChI is InChI=1S/C20H25N5OS/c1-12-18(20-24-15-5-3-2-4-6-16(15)27-20)19(25-17(10-21)22-12)23-14-8-7-13(9-14)11-26/h2-4,6,13-14,26H,5,7-11,21H2,1H3,(H,22,23,25). The van der Waals surface area contributed by atoms with E-state index in [0.717, 1.165) is 53.5 Å². The van der Waals surface area contributed by atoms with Crippen LogP contribution in [0.3, 0.4) is 0 Å². The van der Waals surface area contributed by atoms with Crippen LogP contribution in [-0.4, -0.2) is 32.7 Å². The summed E-state index contributed by atoms with van der Waals surface area (Å²) >= 11 is 1.68. The SMILES string of the molecule is Cc1nc(CN)nc(NC2CCC(CO)C2)c1-c1nc2c(s1)C=CC=CC2. The molecular formula is C20H25N5OS. The van der Waals surface area contributed by atoms with Crippen LogP contribution in [0, 0.1) is 12.8 Å². The number of allylic oxidation sites excluding steroid dienone is 3. The lowest BCUT2D eigenvalue weighted by molar-refractivity contribution is 0.229. The molecule has 2 atom stereocenters. The van der Waals surface area contributed by atoms with Crippen LogP contribution in [-0.2, 0) is 13.0 Å². The minimum atomic E-state index is 0.251. The third kappa shape index (κ3) is 3.81. The van der Waals surface area contributed by atoms with Gasteiger partial charge >= 0.3 is 0 Å². The fourth-order valence-electron chi connectivity index (χ4n) is 3.80. The summed E-state index contributed by atoms with van der Waals surface area (Å²) in [7, 11) is 0. The van der Waals surface area contributed by atoms with Gasteiger partial charge in [-0.1, -0.05) is 18.2 Å². The zero-order chi connectivity index (χ0) is 18.8. The van der Waals surface area contributed by atoms with E-state index in [1.54, 1.807) is 11.3 Å². The highest BCUT2D eigenvalue weighted by Crippen LogP contribution is 2.37. The van der Waals surface area contributed by atoms with Gasteiger partial charge in [0.05, 0.1) is 28.4 Å². The normalized spacial score (nSPS) is 21.3. The number of aromatic nitrogens is 3. The molecular weight excluding hydrogens is 358 g/mol. The van der Waals surface area contributed by atoms with Crippen LogP contribution in [0.4, 0.5) is 5.82 Å². The van der Waals surface area contributed by atoms with Gasteiger partial charge in [-0.2, -0.15) is 0 Å². The number of nitrogens with one attached hydrogen (secondary N) is 1. The molecule has 0 spiro atoms. The highest BCUT2D eigenvalue weighted by Gasteiger charge is 2.26. The molecule has 4 N–H and O–H groups in total. The van der Waals surface area contributed by atoms with Gasteiger partial charge in [-0.3, -0.25) is 0 Å². The van der Waals surface area contributed by atoms with Crippen LogP contribution < -0.4 is 11.1 Å². The zero-order valence-corrected chi connectivity index (χ0v) is 16.3. The first-order valence-corrected chi connectivity index (χ1v) is 10.3. The Morgan fingerprint density at radius 2 is 2.15 bits per heavy atom. The van der Waals surface area contributed by atoms with E-state index in [1.165, 1.54) is 4.88 Å². The maximum absolute atomic E-state index is 9.44. The van der Waals surface area contributed by atoms with Gasteiger partial charge in [0.2, 0.25) is 0 Å². The number of aliphatic hydroxyl groups excluding tert-OH is 1. The van der Waals surface area contributed by atoms with Crippen molar-refractivity contribution in [3.8, 4) is 10.6 Å². The van der Waals surface area contributed by atoms with Gasteiger partial charge in [0.15, 0.2) is 0 Å². The Labute approximate surface area is 163 Å². The summed E-state index contributed by atoms with van der Waals surface area (Å²) in [5.41, 5.74) is 8.77. The average molecular weight is 384 g/mol. The van der Waals surface area contributed by atoms with Crippen LogP contribution in [0.5, 0.6) is 0 Å². The van der Waals surface area contributed by atoms with E-state index in [0.29, 0.717) is 24.3 Å². The highest BCUT2D eigenvalue weighted by molar-refractivity contribution is 7.16. The molecule has 7 heteroatoms. The third-order valence-electron chi connectivity index (χ3n) is 5.21. The fourth-order valence-corrected chi connectivity index (χ4v) is 4.90. The van der Waals surface area contributed by atoms with E-state index >= 15 is 0 Å². The predicted octanol–water partition coefficient (Wildman–Crippen LogP) is 3.07. The second kappa shape index (κ2) is 7.88. The summed E-state index contributed by atoms with van der Waals surface area (Å²) in [4.78, 5) is 15.3. The summed E-state index contributed by atoms with van der Waals surface area (Å²) in [6.07, 6.45) is 12.2. The molecule has 2 aromatic rings. The first-order valence-electron chi connectivity index (χ1n) is 9.46. The minimum absolute atomic E-state index is 0.251. The number of rotatable bonds is 5. The van der Waals surface area contributed by atoms with Crippen molar-refractivity contribution in [1.29, 1.82) is 0 Å². The van der Waals surface area contributed by atoms with Crippen molar-refractivity contribution in [2.45, 2.75) is 45.2 Å². The molecule has 0 saturated heterocycles. The lowest BCUT2D eigenvalue weighted by Gasteiger charge is -2.18. The summed E-state index contributed by atoms with van der Waals surface area (Å²) < 4.78 is 0. The molecule has 0 aliphatic heterocycles. The highest BCUT2D eigenvalue weighted by atomic mass is 32.1. The van der Waals surface area contributed by atoms with Gasteiger partial charge in [-0.05, 0) is 38.2 Å². The quantitative estimate of drug-likeness (QED) is 0.734. The van der Waals surface area contributed by atoms with Gasteiger partial charge in [0.25, 0.3) is 0 Å². The smallest absolute Gasteiger partial charge is 0.144 e. The first-order chi connectivity index (χ1) is 13.2. The molecule has 6 nitrogen and oxygen atoms in total. The number of nitrogens with zero attached hydrogens (tertiary/aromatic N) is 3. The molecule has 2 aromatic heterocycles. The molecule has 2 heterocycles. The Kier molecular flexibility index (Phi) is 5.33. The van der Waals surface area contributed by atoms with Gasteiger partial charge < -0.3 is 16.2 Å². The fraction of sp³-hybridized carbons (Fsp3) is 0.450. The molecule has 0 bridgehead atoms. The Morgan fingerprint density at radius 1 is 1.26 bits per heavy atom. The van der Waals surface area contributed by atoms with Crippen molar-refractivity contribution in [2.24, 2.45) is 11.7 Å². The first kappa shape index (κ1) is 18.3. The van der Waals surface area contributed by atoms with Crippen molar-refractivity contribution in [2.75, 3.05) is 11.9 Å². The van der Waals surface area contributed by atoms with E-state index < -0.39 is 0 Å². The third-order valence-corrected chi connectivity index (χ3v) is 6.29. The van der Waals surface area contributed by atoms with E-state index in [9.17, 15) is 5.11 Å². The van der Waals surface area contributed by atoms with Crippen molar-refractivity contribution in [1.82, 2.24) is 15.0 Å². The number of hydrogen-bond acceptors (Lipinski definition) is 7. The molecule has 0 aromatic carbocycles. The number of hydrogen-bond donors (Lipinski definition) is 3. The number of fused-ring (bicyclic) bond motifs is 1. The minimum Gasteiger partial charge on any atom is -0.396 e. The van der Waals surface area contributed by atoms with E-state index in [1.807, 2.05) is 6.92 Å². The largest absolute Gasteiger partial charge is 0.396 e. The van der Waals surface area contributed by atoms with Gasteiger partial charge in [0, 0.05) is 19.1 Å². The van der Waals surface area contributed by atoms with E-state index in [4.69, 9.17) is 15.7 Å². The zero-order valence-electron chi connectivity index (χ0n) is 15.5. The maximum atomic E-state index is 9.44. The van der Waals surface area contributed by atoms with Crippen LogP contribution in [0.2, 0.25) is 0 Å². The molecule has 1 fully saturated rings. The number of nitrogens with two attached hydrogens (primary N) is 1. The molecule has 2 aliphatic rings. The topological polar surface area (TPSA) is 97.0 Å². The van der Waals surface area contributed by atoms with Crippen molar-refractivity contribution < 1.29 is 5.11 Å². The number of aryl methyl sites for hydroxylation is 1. The van der Waals surface area contributed by atoms with Crippen molar-refractivity contribution in [3.63, 3.8) is 0 Å². The Hall–Kier alpha value is -2.09. The van der Waals surface area contributed by atoms with Crippen LogP contribution in [0.15, 0.2) is 18.2 Å². The summed E-state index contributed by atoms with van der Waals surface area (Å²) in [5.74, 6) is 1.82. The summed E-state index contributed by atoms with van der Waals surface area (Å²) in [6.45, 7) is 2.55. The molecule has 2 unspecified atom stereocenters. The van der Waals surface area contributed by atoms with Gasteiger partial charge in [-0.15, -0.1) is 11.3 Å². The molecule has 0 amide bonds. The Bertz CT molecular complexity index is 889. The molecule has 27 heavy (non-hydrogen) atoms. The van der Waals surface area contributed by atoms with Gasteiger partial charge in [0.1, 0.15) is 16.6 Å². The molecule has 1 saturated carbocycles. The van der Waals surface area contributed by atoms with E-state index in [2.05, 4.69) is 34.6 Å². The second-order valence-corrected chi connectivity index (χ2v) is 8.21. The molecule has 4 rings (SSSR count). The van der Waals surface area contributed by atoms with Crippen molar-refractivity contribution in [3.05, 3.63) is 40.3 Å². The molecule has 0 radical (unpaired) electrons. The van der Waals surface area contributed by atoms with Crippen LogP contribution in [0.25, 0.3) is 16.6 Å². The van der Waals surface area contributed by atoms with Crippen molar-refractivity contribution >= 4 is 23.2 Å². The number of thiazole rings is 1. The second-order valence-electron chi connectivity index (χ2n) is 7.18. The lowest BCUT2D eigenvalue weighted by Crippen LogP contribution is -2.19. The monoisotopic (exact) mass is 383 g/mol. The van der Waals surface area contributed by atoms with E-state index in [-0.39, 0.29) is 6.61 Å². The number of aliphatic hydroxyl groups is 1. The summed E-state index contributed by atoms with van der Waals surface area (Å²) in [6, 6.07) is 0.307. The number of anilines is 1. The van der Waals surface area contributed by atoms with Crippen LogP contribution >= 0.6 is 11.3 Å². The maximum Gasteiger partial charge on any atom is 0.144 e. The van der Waals surface area contributed by atoms with Gasteiger partial charge in [-0.25, -0.2) is 15.0 Å². The molecule has 142 valence electrons. The predicted molar refractivity (Wildman–Crippen MR) is 109 cm³/mol. The summed E-state index contributed by atoms with van der Waals surface area (Å²) in [5, 5.41) is 14.0. The Balaban J connectivity index is 1.71. The Morgan fingerprint density at radius 3 is 2.93 bits per heavy atom. The lowest BCUT2D eigenvalue weighted by atomic mass is 10.1. The average Bonchev–Trinajstić information content (AvgIpc) is 3.22. The van der Waals surface area contributed by atoms with Crippen LogP contribution in [0.1, 0.15) is 41.4 Å². The molecule has 2 aliphatic carbocycles.